The third-order valence-electron chi connectivity index (χ3n) is 4.05. The van der Waals surface area contributed by atoms with Crippen molar-refractivity contribution < 1.29 is 9.13 Å². The lowest BCUT2D eigenvalue weighted by Crippen LogP contribution is -2.17. The molecule has 0 amide bonds. The molecule has 0 N–H and O–H groups in total. The van der Waals surface area contributed by atoms with Crippen molar-refractivity contribution in [3.8, 4) is 11.3 Å². The maximum atomic E-state index is 14.3. The van der Waals surface area contributed by atoms with Crippen LogP contribution in [0.3, 0.4) is 0 Å². The normalized spacial score (nSPS) is 18.2. The fraction of sp³-hybridized carbons (Fsp3) is 0.312. The summed E-state index contributed by atoms with van der Waals surface area (Å²) >= 11 is 11.9. The molecule has 5 nitrogen and oxygen atoms in total. The van der Waals surface area contributed by atoms with Gasteiger partial charge in [0.15, 0.2) is 5.65 Å². The molecule has 0 spiro atoms. The van der Waals surface area contributed by atoms with Crippen LogP contribution in [-0.4, -0.2) is 26.1 Å². The van der Waals surface area contributed by atoms with E-state index in [0.717, 1.165) is 19.3 Å². The highest BCUT2D eigenvalue weighted by Crippen LogP contribution is 2.32. The average Bonchev–Trinajstić information content (AvgIpc) is 2.99. The molecule has 8 heteroatoms. The van der Waals surface area contributed by atoms with Crippen molar-refractivity contribution in [1.82, 2.24) is 19.5 Å². The monoisotopic (exact) mass is 366 g/mol. The van der Waals surface area contributed by atoms with Crippen LogP contribution in [0, 0.1) is 5.82 Å². The average molecular weight is 367 g/mol. The Bertz CT molecular complexity index is 908. The number of hydrogen-bond donors (Lipinski definition) is 0. The van der Waals surface area contributed by atoms with Gasteiger partial charge in [-0.15, -0.1) is 0 Å². The summed E-state index contributed by atoms with van der Waals surface area (Å²) in [6.07, 6.45) is 4.49. The number of nitrogens with zero attached hydrogens (tertiary/aromatic N) is 4. The molecule has 3 aromatic rings. The molecule has 1 aliphatic rings. The maximum Gasteiger partial charge on any atom is 0.225 e. The van der Waals surface area contributed by atoms with Gasteiger partial charge in [0.1, 0.15) is 23.3 Å². The third kappa shape index (κ3) is 2.75. The summed E-state index contributed by atoms with van der Waals surface area (Å²) in [5.74, 6) is -0.484. The number of hydrogen-bond acceptors (Lipinski definition) is 4. The molecular formula is C16H13Cl2FN4O. The molecule has 4 rings (SSSR count). The highest BCUT2D eigenvalue weighted by atomic mass is 35.5. The Hall–Kier alpha value is -1.76. The van der Waals surface area contributed by atoms with Crippen molar-refractivity contribution in [2.24, 2.45) is 0 Å². The van der Waals surface area contributed by atoms with Crippen LogP contribution in [0.25, 0.3) is 22.4 Å². The summed E-state index contributed by atoms with van der Waals surface area (Å²) in [4.78, 5) is 12.8. The summed E-state index contributed by atoms with van der Waals surface area (Å²) < 4.78 is 21.9. The maximum absolute atomic E-state index is 14.3. The standard InChI is InChI=1S/C16H13Cl2FN4O/c17-9-4-5-10(11(19)7-9)13-14-15(22-16(18)21-13)23(8-20-14)12-3-1-2-6-24-12/h4-5,7-8,12H,1-3,6H2. The second kappa shape index (κ2) is 6.27. The van der Waals surface area contributed by atoms with Gasteiger partial charge in [-0.1, -0.05) is 11.6 Å². The van der Waals surface area contributed by atoms with Gasteiger partial charge in [-0.05, 0) is 49.1 Å². The first kappa shape index (κ1) is 15.7. The van der Waals surface area contributed by atoms with Crippen molar-refractivity contribution in [2.75, 3.05) is 6.61 Å². The van der Waals surface area contributed by atoms with Crippen molar-refractivity contribution in [2.45, 2.75) is 25.5 Å². The van der Waals surface area contributed by atoms with Crippen LogP contribution in [0.4, 0.5) is 4.39 Å². The van der Waals surface area contributed by atoms with E-state index in [4.69, 9.17) is 27.9 Å². The van der Waals surface area contributed by atoms with E-state index in [1.54, 1.807) is 18.5 Å². The number of imidazole rings is 1. The molecule has 0 radical (unpaired) electrons. The van der Waals surface area contributed by atoms with Gasteiger partial charge in [0.25, 0.3) is 0 Å². The zero-order valence-electron chi connectivity index (χ0n) is 12.5. The first-order valence-electron chi connectivity index (χ1n) is 7.60. The van der Waals surface area contributed by atoms with Crippen molar-refractivity contribution in [1.29, 1.82) is 0 Å². The number of halogens is 3. The minimum Gasteiger partial charge on any atom is -0.358 e. The molecule has 1 atom stereocenters. The largest absolute Gasteiger partial charge is 0.358 e. The van der Waals surface area contributed by atoms with Crippen LogP contribution < -0.4 is 0 Å². The molecule has 0 saturated carbocycles. The van der Waals surface area contributed by atoms with Crippen LogP contribution >= 0.6 is 23.2 Å². The lowest BCUT2D eigenvalue weighted by Gasteiger charge is -2.23. The Morgan fingerprint density at radius 3 is 2.83 bits per heavy atom. The van der Waals surface area contributed by atoms with E-state index in [1.165, 1.54) is 6.07 Å². The molecule has 3 heterocycles. The summed E-state index contributed by atoms with van der Waals surface area (Å²) in [6, 6.07) is 4.40. The van der Waals surface area contributed by atoms with Gasteiger partial charge in [-0.2, -0.15) is 4.98 Å². The fourth-order valence-electron chi connectivity index (χ4n) is 2.91. The van der Waals surface area contributed by atoms with Gasteiger partial charge in [0.2, 0.25) is 5.28 Å². The molecule has 1 fully saturated rings. The summed E-state index contributed by atoms with van der Waals surface area (Å²) in [5.41, 5.74) is 1.64. The molecule has 124 valence electrons. The van der Waals surface area contributed by atoms with Crippen LogP contribution in [0.15, 0.2) is 24.5 Å². The number of fused-ring (bicyclic) bond motifs is 1. The van der Waals surface area contributed by atoms with Gasteiger partial charge in [0, 0.05) is 17.2 Å². The highest BCUT2D eigenvalue weighted by Gasteiger charge is 2.22. The highest BCUT2D eigenvalue weighted by molar-refractivity contribution is 6.30. The first-order valence-corrected chi connectivity index (χ1v) is 8.36. The fourth-order valence-corrected chi connectivity index (χ4v) is 3.24. The van der Waals surface area contributed by atoms with Crippen LogP contribution in [-0.2, 0) is 4.74 Å². The quantitative estimate of drug-likeness (QED) is 0.620. The van der Waals surface area contributed by atoms with Crippen LogP contribution in [0.1, 0.15) is 25.5 Å². The van der Waals surface area contributed by atoms with Crippen molar-refractivity contribution in [3.05, 3.63) is 40.6 Å². The molecule has 1 saturated heterocycles. The van der Waals surface area contributed by atoms with Gasteiger partial charge in [-0.3, -0.25) is 4.57 Å². The smallest absolute Gasteiger partial charge is 0.225 e. The zero-order valence-corrected chi connectivity index (χ0v) is 14.1. The molecule has 0 aliphatic carbocycles. The molecule has 0 bridgehead atoms. The molecule has 1 aliphatic heterocycles. The second-order valence-electron chi connectivity index (χ2n) is 5.61. The Labute approximate surface area is 147 Å². The summed E-state index contributed by atoms with van der Waals surface area (Å²) in [7, 11) is 0. The Balaban J connectivity index is 1.89. The lowest BCUT2D eigenvalue weighted by molar-refractivity contribution is -0.0298. The summed E-state index contributed by atoms with van der Waals surface area (Å²) in [5, 5.41) is 0.346. The van der Waals surface area contributed by atoms with E-state index >= 15 is 0 Å². The van der Waals surface area contributed by atoms with E-state index in [0.29, 0.717) is 28.5 Å². The Morgan fingerprint density at radius 2 is 2.08 bits per heavy atom. The zero-order chi connectivity index (χ0) is 16.7. The van der Waals surface area contributed by atoms with Crippen LogP contribution in [0.5, 0.6) is 0 Å². The minimum atomic E-state index is -0.484. The van der Waals surface area contributed by atoms with E-state index in [1.807, 2.05) is 4.57 Å². The van der Waals surface area contributed by atoms with Crippen molar-refractivity contribution in [3.63, 3.8) is 0 Å². The van der Waals surface area contributed by atoms with E-state index in [-0.39, 0.29) is 17.1 Å². The van der Waals surface area contributed by atoms with E-state index in [9.17, 15) is 4.39 Å². The second-order valence-corrected chi connectivity index (χ2v) is 6.39. The predicted molar refractivity (Wildman–Crippen MR) is 89.6 cm³/mol. The van der Waals surface area contributed by atoms with Gasteiger partial charge in [0.05, 0.1) is 6.33 Å². The Kier molecular flexibility index (Phi) is 4.12. The molecular weight excluding hydrogens is 354 g/mol. The van der Waals surface area contributed by atoms with Crippen LogP contribution in [0.2, 0.25) is 10.3 Å². The lowest BCUT2D eigenvalue weighted by atomic mass is 10.1. The predicted octanol–water partition coefficient (Wildman–Crippen LogP) is 4.64. The van der Waals surface area contributed by atoms with E-state index < -0.39 is 5.82 Å². The molecule has 2 aromatic heterocycles. The third-order valence-corrected chi connectivity index (χ3v) is 4.45. The van der Waals surface area contributed by atoms with Gasteiger partial charge >= 0.3 is 0 Å². The summed E-state index contributed by atoms with van der Waals surface area (Å²) in [6.45, 7) is 0.696. The number of aromatic nitrogens is 4. The molecule has 24 heavy (non-hydrogen) atoms. The van der Waals surface area contributed by atoms with Crippen molar-refractivity contribution >= 4 is 34.4 Å². The SMILES string of the molecule is Fc1cc(Cl)ccc1-c1nc(Cl)nc2c1ncn2C1CCCCO1. The Morgan fingerprint density at radius 1 is 1.21 bits per heavy atom. The van der Waals surface area contributed by atoms with Gasteiger partial charge < -0.3 is 4.74 Å². The number of ether oxygens (including phenoxy) is 1. The molecule has 1 unspecified atom stereocenters. The molecule has 1 aromatic carbocycles. The number of benzene rings is 1. The minimum absolute atomic E-state index is 0.0319. The topological polar surface area (TPSA) is 52.8 Å². The van der Waals surface area contributed by atoms with E-state index in [2.05, 4.69) is 15.0 Å². The number of rotatable bonds is 2. The van der Waals surface area contributed by atoms with Gasteiger partial charge in [-0.25, -0.2) is 14.4 Å². The first-order chi connectivity index (χ1) is 11.6.